The van der Waals surface area contributed by atoms with Gasteiger partial charge in [0.05, 0.1) is 6.61 Å². The normalized spacial score (nSPS) is 21.1. The summed E-state index contributed by atoms with van der Waals surface area (Å²) in [7, 11) is 0. The monoisotopic (exact) mass is 242 g/mol. The number of hydrogen-bond acceptors (Lipinski definition) is 4. The highest BCUT2D eigenvalue weighted by Crippen LogP contribution is 2.21. The van der Waals surface area contributed by atoms with E-state index in [0.29, 0.717) is 13.2 Å². The molecule has 5 nitrogen and oxygen atoms in total. The van der Waals surface area contributed by atoms with Crippen LogP contribution >= 0.6 is 0 Å². The molecule has 98 valence electrons. The predicted molar refractivity (Wildman–Crippen MR) is 65.2 cm³/mol. The minimum Gasteiger partial charge on any atom is -0.443 e. The molecule has 0 aromatic rings. The Morgan fingerprint density at radius 2 is 2.12 bits per heavy atom. The van der Waals surface area contributed by atoms with E-state index in [4.69, 9.17) is 9.47 Å². The molecule has 0 saturated carbocycles. The first-order chi connectivity index (χ1) is 7.60. The van der Waals surface area contributed by atoms with Gasteiger partial charge >= 0.3 is 6.09 Å². The molecule has 1 amide bonds. The predicted octanol–water partition coefficient (Wildman–Crippen LogP) is 2.05. The lowest BCUT2D eigenvalue weighted by Crippen LogP contribution is -2.59. The summed E-state index contributed by atoms with van der Waals surface area (Å²) in [5, 5.41) is 1.69. The van der Waals surface area contributed by atoms with Gasteiger partial charge in [-0.05, 0) is 40.2 Å². The van der Waals surface area contributed by atoms with Crippen LogP contribution in [0.3, 0.4) is 0 Å². The summed E-state index contributed by atoms with van der Waals surface area (Å²) in [5.41, 5.74) is 2.53. The van der Waals surface area contributed by atoms with E-state index in [-0.39, 0.29) is 0 Å². The molecule has 0 unspecified atom stereocenters. The SMILES string of the molecule is C=C1COC(C)(C)N(NC(=O)OC(C)(C)C)C1. The average molecular weight is 242 g/mol. The number of amides is 1. The van der Waals surface area contributed by atoms with Gasteiger partial charge < -0.3 is 9.47 Å². The first kappa shape index (κ1) is 14.0. The molecule has 17 heavy (non-hydrogen) atoms. The van der Waals surface area contributed by atoms with Gasteiger partial charge in [-0.2, -0.15) is 5.01 Å². The third-order valence-electron chi connectivity index (χ3n) is 2.29. The topological polar surface area (TPSA) is 50.8 Å². The Morgan fingerprint density at radius 1 is 1.53 bits per heavy atom. The fraction of sp³-hybridized carbons (Fsp3) is 0.750. The second-order valence-corrected chi connectivity index (χ2v) is 5.69. The summed E-state index contributed by atoms with van der Waals surface area (Å²) in [5.74, 6) is 0. The van der Waals surface area contributed by atoms with E-state index < -0.39 is 17.4 Å². The largest absolute Gasteiger partial charge is 0.443 e. The van der Waals surface area contributed by atoms with Crippen molar-refractivity contribution >= 4 is 6.09 Å². The zero-order valence-corrected chi connectivity index (χ0v) is 11.3. The van der Waals surface area contributed by atoms with E-state index in [1.807, 2.05) is 34.6 Å². The van der Waals surface area contributed by atoms with Gasteiger partial charge in [0.15, 0.2) is 0 Å². The maximum atomic E-state index is 11.7. The molecule has 1 aliphatic heterocycles. The summed E-state index contributed by atoms with van der Waals surface area (Å²) >= 11 is 0. The summed E-state index contributed by atoms with van der Waals surface area (Å²) in [6.07, 6.45) is -0.483. The van der Waals surface area contributed by atoms with Gasteiger partial charge in [-0.3, -0.25) is 5.43 Å². The van der Waals surface area contributed by atoms with Crippen LogP contribution in [0.2, 0.25) is 0 Å². The standard InChI is InChI=1S/C12H22N2O3/c1-9-7-14(12(5,6)16-8-9)13-10(15)17-11(2,3)4/h1,7-8H2,2-6H3,(H,13,15). The molecule has 1 saturated heterocycles. The summed E-state index contributed by atoms with van der Waals surface area (Å²) in [6, 6.07) is 0. The Labute approximate surface area is 103 Å². The van der Waals surface area contributed by atoms with Crippen LogP contribution in [0.1, 0.15) is 34.6 Å². The van der Waals surface area contributed by atoms with Gasteiger partial charge in [-0.15, -0.1) is 0 Å². The summed E-state index contributed by atoms with van der Waals surface area (Å²) in [6.45, 7) is 14.2. The van der Waals surface area contributed by atoms with Crippen LogP contribution in [-0.4, -0.2) is 35.6 Å². The molecule has 1 heterocycles. The van der Waals surface area contributed by atoms with Crippen LogP contribution in [0.5, 0.6) is 0 Å². The average Bonchev–Trinajstić information content (AvgIpc) is 2.09. The van der Waals surface area contributed by atoms with Crippen LogP contribution < -0.4 is 5.43 Å². The molecule has 0 aromatic heterocycles. The van der Waals surface area contributed by atoms with E-state index in [1.54, 1.807) is 5.01 Å². The smallest absolute Gasteiger partial charge is 0.422 e. The first-order valence-electron chi connectivity index (χ1n) is 5.68. The van der Waals surface area contributed by atoms with E-state index in [2.05, 4.69) is 12.0 Å². The van der Waals surface area contributed by atoms with E-state index in [9.17, 15) is 4.79 Å². The molecular weight excluding hydrogens is 220 g/mol. The molecule has 1 rings (SSSR count). The Morgan fingerprint density at radius 3 is 2.65 bits per heavy atom. The minimum absolute atomic E-state index is 0.483. The van der Waals surface area contributed by atoms with Gasteiger partial charge in [0.2, 0.25) is 0 Å². The quantitative estimate of drug-likeness (QED) is 0.715. The van der Waals surface area contributed by atoms with Crippen molar-refractivity contribution in [1.29, 1.82) is 0 Å². The molecule has 1 aliphatic rings. The number of carbonyl (C=O) groups is 1. The van der Waals surface area contributed by atoms with Crippen molar-refractivity contribution in [1.82, 2.24) is 10.4 Å². The van der Waals surface area contributed by atoms with E-state index in [1.165, 1.54) is 0 Å². The van der Waals surface area contributed by atoms with Crippen molar-refractivity contribution in [3.63, 3.8) is 0 Å². The third kappa shape index (κ3) is 4.36. The van der Waals surface area contributed by atoms with Crippen LogP contribution in [0.15, 0.2) is 12.2 Å². The number of rotatable bonds is 1. The second-order valence-electron chi connectivity index (χ2n) is 5.69. The molecule has 0 atom stereocenters. The van der Waals surface area contributed by atoms with Crippen molar-refractivity contribution < 1.29 is 14.3 Å². The molecule has 0 spiro atoms. The number of carbonyl (C=O) groups excluding carboxylic acids is 1. The van der Waals surface area contributed by atoms with Crippen molar-refractivity contribution in [2.75, 3.05) is 13.2 Å². The van der Waals surface area contributed by atoms with Crippen molar-refractivity contribution in [3.05, 3.63) is 12.2 Å². The Hall–Kier alpha value is -1.07. The lowest BCUT2D eigenvalue weighted by molar-refractivity contribution is -0.162. The zero-order valence-electron chi connectivity index (χ0n) is 11.3. The first-order valence-corrected chi connectivity index (χ1v) is 5.68. The van der Waals surface area contributed by atoms with Crippen molar-refractivity contribution in [3.8, 4) is 0 Å². The number of ether oxygens (including phenoxy) is 2. The van der Waals surface area contributed by atoms with Crippen LogP contribution in [0.4, 0.5) is 4.79 Å². The molecule has 0 aliphatic carbocycles. The Kier molecular flexibility index (Phi) is 3.84. The van der Waals surface area contributed by atoms with E-state index >= 15 is 0 Å². The molecule has 1 fully saturated rings. The minimum atomic E-state index is -0.557. The Balaban J connectivity index is 2.59. The molecule has 5 heteroatoms. The van der Waals surface area contributed by atoms with Gasteiger partial charge in [0, 0.05) is 6.54 Å². The lowest BCUT2D eigenvalue weighted by atomic mass is 10.2. The summed E-state index contributed by atoms with van der Waals surface area (Å²) < 4.78 is 10.8. The van der Waals surface area contributed by atoms with Gasteiger partial charge in [-0.25, -0.2) is 4.79 Å². The second kappa shape index (κ2) is 4.66. The highest BCUT2D eigenvalue weighted by molar-refractivity contribution is 5.67. The van der Waals surface area contributed by atoms with Crippen molar-refractivity contribution in [2.45, 2.75) is 45.9 Å². The fourth-order valence-electron chi connectivity index (χ4n) is 1.40. The molecule has 0 radical (unpaired) electrons. The number of nitrogens with one attached hydrogen (secondary N) is 1. The van der Waals surface area contributed by atoms with Crippen LogP contribution in [-0.2, 0) is 9.47 Å². The maximum absolute atomic E-state index is 11.7. The zero-order chi connectivity index (χ0) is 13.3. The van der Waals surface area contributed by atoms with Gasteiger partial charge in [0.1, 0.15) is 11.3 Å². The number of hydrogen-bond donors (Lipinski definition) is 1. The Bertz CT molecular complexity index is 318. The number of hydrazine groups is 1. The molecule has 0 aromatic carbocycles. The van der Waals surface area contributed by atoms with E-state index in [0.717, 1.165) is 5.57 Å². The van der Waals surface area contributed by atoms with Gasteiger partial charge in [0.25, 0.3) is 0 Å². The molecule has 0 bridgehead atoms. The number of nitrogens with zero attached hydrogens (tertiary/aromatic N) is 1. The summed E-state index contributed by atoms with van der Waals surface area (Å²) in [4.78, 5) is 11.7. The van der Waals surface area contributed by atoms with Crippen LogP contribution in [0.25, 0.3) is 0 Å². The fourth-order valence-corrected chi connectivity index (χ4v) is 1.40. The van der Waals surface area contributed by atoms with Crippen molar-refractivity contribution in [2.24, 2.45) is 0 Å². The highest BCUT2D eigenvalue weighted by atomic mass is 16.6. The lowest BCUT2D eigenvalue weighted by Gasteiger charge is -2.42. The van der Waals surface area contributed by atoms with Crippen LogP contribution in [0, 0.1) is 0 Å². The third-order valence-corrected chi connectivity index (χ3v) is 2.29. The molecular formula is C12H22N2O3. The highest BCUT2D eigenvalue weighted by Gasteiger charge is 2.34. The maximum Gasteiger partial charge on any atom is 0.422 e. The van der Waals surface area contributed by atoms with Gasteiger partial charge in [-0.1, -0.05) is 6.58 Å². The molecule has 1 N–H and O–H groups in total.